The normalized spacial score (nSPS) is 11.3. The van der Waals surface area contributed by atoms with Gasteiger partial charge in [0.05, 0.1) is 0 Å². The van der Waals surface area contributed by atoms with Crippen LogP contribution < -0.4 is 24.8 Å². The maximum atomic E-state index is 11.1. The van der Waals surface area contributed by atoms with Crippen LogP contribution in [-0.2, 0) is 47.5 Å². The third kappa shape index (κ3) is 8.95. The van der Waals surface area contributed by atoms with Gasteiger partial charge in [0, 0.05) is 19.6 Å². The van der Waals surface area contributed by atoms with Gasteiger partial charge >= 0.3 is 17.1 Å². The minimum Gasteiger partial charge on any atom is -1.00 e. The molecule has 0 unspecified atom stereocenters. The average Bonchev–Trinajstić information content (AvgIpc) is 2.69. The van der Waals surface area contributed by atoms with Crippen LogP contribution >= 0.6 is 0 Å². The molecule has 3 aromatic carbocycles. The second-order valence-corrected chi connectivity index (χ2v) is 10.7. The van der Waals surface area contributed by atoms with Crippen LogP contribution in [0, 0.1) is 0 Å². The van der Waals surface area contributed by atoms with E-state index in [4.69, 9.17) is 0 Å². The smallest absolute Gasteiger partial charge is 1.00 e. The van der Waals surface area contributed by atoms with E-state index in [0.29, 0.717) is 5.75 Å². The Bertz CT molecular complexity index is 920. The number of nitrogens with zero attached hydrogens (tertiary/aromatic N) is 1. The van der Waals surface area contributed by atoms with Crippen LogP contribution in [0.4, 0.5) is 0 Å². The zero-order valence-electron chi connectivity index (χ0n) is 21.1. The van der Waals surface area contributed by atoms with E-state index < -0.39 is 0 Å². The molecule has 0 aliphatic carbocycles. The number of halogens is 2. The van der Waals surface area contributed by atoms with Crippen molar-refractivity contribution >= 4 is 0 Å². The maximum Gasteiger partial charge on any atom is 2.00 e. The standard InChI is InChI=1S/C29H37NO.2ClH.Mn/c1-28(2,3)25-17-24(18-26(27(25)31)29(4,5)6)21-30(19-22-13-9-7-10-14-22)20-23-15-11-8-12-16-23;;;/h7-18,31H,19-21H2,1-6H3;2*1H;/q;;;+2/p-2. The Kier molecular flexibility index (Phi) is 13.0. The minimum atomic E-state index is -0.121. The summed E-state index contributed by atoms with van der Waals surface area (Å²) in [5, 5.41) is 11.1. The molecular formula is C29H37Cl2MnNO. The summed E-state index contributed by atoms with van der Waals surface area (Å²) in [5.74, 6) is 0.446. The average molecular weight is 541 g/mol. The SMILES string of the molecule is CC(C)(C)c1cc(CN(Cc2ccccc2)Cc2ccccc2)cc(C(C)(C)C)c1O.[Cl-].[Cl-].[Mn+2]. The summed E-state index contributed by atoms with van der Waals surface area (Å²) in [6.45, 7) is 15.6. The molecule has 1 N–H and O–H groups in total. The van der Waals surface area contributed by atoms with Crippen molar-refractivity contribution in [1.29, 1.82) is 0 Å². The van der Waals surface area contributed by atoms with Gasteiger partial charge in [-0.2, -0.15) is 0 Å². The van der Waals surface area contributed by atoms with Gasteiger partial charge in [-0.15, -0.1) is 0 Å². The summed E-state index contributed by atoms with van der Waals surface area (Å²) in [6, 6.07) is 25.7. The van der Waals surface area contributed by atoms with Crippen molar-refractivity contribution < 1.29 is 47.0 Å². The van der Waals surface area contributed by atoms with E-state index >= 15 is 0 Å². The van der Waals surface area contributed by atoms with E-state index in [-0.39, 0.29) is 52.7 Å². The molecule has 0 saturated carbocycles. The van der Waals surface area contributed by atoms with Gasteiger partial charge < -0.3 is 29.9 Å². The van der Waals surface area contributed by atoms with Gasteiger partial charge in [-0.1, -0.05) is 114 Å². The van der Waals surface area contributed by atoms with Gasteiger partial charge in [-0.25, -0.2) is 0 Å². The number of hydrogen-bond acceptors (Lipinski definition) is 2. The van der Waals surface area contributed by atoms with E-state index in [1.807, 2.05) is 0 Å². The number of phenols is 1. The fourth-order valence-electron chi connectivity index (χ4n) is 4.04. The van der Waals surface area contributed by atoms with Gasteiger partial charge in [-0.3, -0.25) is 4.90 Å². The maximum absolute atomic E-state index is 11.1. The van der Waals surface area contributed by atoms with Gasteiger partial charge in [0.25, 0.3) is 0 Å². The summed E-state index contributed by atoms with van der Waals surface area (Å²) in [5.41, 5.74) is 5.67. The Morgan fingerprint density at radius 2 is 0.912 bits per heavy atom. The van der Waals surface area contributed by atoms with Gasteiger partial charge in [-0.05, 0) is 38.6 Å². The van der Waals surface area contributed by atoms with Crippen molar-refractivity contribution in [2.24, 2.45) is 0 Å². The third-order valence-electron chi connectivity index (χ3n) is 5.69. The fraction of sp³-hybridized carbons (Fsp3) is 0.379. The molecule has 0 spiro atoms. The van der Waals surface area contributed by atoms with E-state index in [2.05, 4.69) is 119 Å². The molecule has 0 saturated heterocycles. The van der Waals surface area contributed by atoms with Crippen LogP contribution in [0.5, 0.6) is 5.75 Å². The first-order valence-electron chi connectivity index (χ1n) is 11.2. The Labute approximate surface area is 229 Å². The zero-order valence-corrected chi connectivity index (χ0v) is 23.8. The molecule has 0 aliphatic rings. The quantitative estimate of drug-likeness (QED) is 0.475. The second-order valence-electron chi connectivity index (χ2n) is 10.7. The fourth-order valence-corrected chi connectivity index (χ4v) is 4.04. The van der Waals surface area contributed by atoms with E-state index in [1.165, 1.54) is 16.7 Å². The van der Waals surface area contributed by atoms with Crippen molar-refractivity contribution in [2.75, 3.05) is 0 Å². The van der Waals surface area contributed by atoms with Gasteiger partial charge in [0.1, 0.15) is 5.75 Å². The molecule has 185 valence electrons. The molecule has 5 heteroatoms. The molecule has 2 nitrogen and oxygen atoms in total. The Hall–Kier alpha value is -1.48. The van der Waals surface area contributed by atoms with Crippen LogP contribution in [-0.4, -0.2) is 10.0 Å². The summed E-state index contributed by atoms with van der Waals surface area (Å²) >= 11 is 0. The van der Waals surface area contributed by atoms with Crippen molar-refractivity contribution in [3.8, 4) is 5.75 Å². The number of phenolic OH excluding ortho intramolecular Hbond substituents is 1. The molecule has 0 bridgehead atoms. The molecule has 1 radical (unpaired) electrons. The Morgan fingerprint density at radius 1 is 0.588 bits per heavy atom. The Morgan fingerprint density at radius 3 is 1.24 bits per heavy atom. The van der Waals surface area contributed by atoms with E-state index in [9.17, 15) is 5.11 Å². The molecule has 3 rings (SSSR count). The Balaban J connectivity index is 0.00000363. The molecule has 34 heavy (non-hydrogen) atoms. The van der Waals surface area contributed by atoms with Crippen LogP contribution in [0.2, 0.25) is 0 Å². The van der Waals surface area contributed by atoms with Crippen LogP contribution in [0.25, 0.3) is 0 Å². The van der Waals surface area contributed by atoms with Crippen molar-refractivity contribution in [2.45, 2.75) is 72.0 Å². The van der Waals surface area contributed by atoms with Gasteiger partial charge in [0.15, 0.2) is 0 Å². The van der Waals surface area contributed by atoms with Crippen molar-refractivity contribution in [3.63, 3.8) is 0 Å². The number of aromatic hydroxyl groups is 1. The molecule has 0 fully saturated rings. The number of hydrogen-bond donors (Lipinski definition) is 1. The van der Waals surface area contributed by atoms with Crippen molar-refractivity contribution in [3.05, 3.63) is 101 Å². The summed E-state index contributed by atoms with van der Waals surface area (Å²) in [6.07, 6.45) is 0. The number of rotatable bonds is 6. The molecule has 3 aromatic rings. The molecular weight excluding hydrogens is 504 g/mol. The largest absolute Gasteiger partial charge is 2.00 e. The number of benzene rings is 3. The summed E-state index contributed by atoms with van der Waals surface area (Å²) in [4.78, 5) is 2.48. The molecule has 0 atom stereocenters. The first kappa shape index (κ1) is 32.5. The zero-order chi connectivity index (χ0) is 22.6. The predicted molar refractivity (Wildman–Crippen MR) is 131 cm³/mol. The van der Waals surface area contributed by atoms with Gasteiger partial charge in [0.2, 0.25) is 0 Å². The van der Waals surface area contributed by atoms with E-state index in [0.717, 1.165) is 30.8 Å². The monoisotopic (exact) mass is 540 g/mol. The molecule has 0 heterocycles. The van der Waals surface area contributed by atoms with Crippen LogP contribution in [0.3, 0.4) is 0 Å². The second kappa shape index (κ2) is 13.6. The minimum absolute atomic E-state index is 0. The van der Waals surface area contributed by atoms with Crippen LogP contribution in [0.1, 0.15) is 69.4 Å². The first-order valence-corrected chi connectivity index (χ1v) is 11.2. The molecule has 0 aliphatic heterocycles. The summed E-state index contributed by atoms with van der Waals surface area (Å²) < 4.78 is 0. The summed E-state index contributed by atoms with van der Waals surface area (Å²) in [7, 11) is 0. The van der Waals surface area contributed by atoms with Crippen molar-refractivity contribution in [1.82, 2.24) is 4.90 Å². The topological polar surface area (TPSA) is 23.5 Å². The molecule has 0 amide bonds. The third-order valence-corrected chi connectivity index (χ3v) is 5.69. The van der Waals surface area contributed by atoms with E-state index in [1.54, 1.807) is 0 Å². The first-order chi connectivity index (χ1) is 14.5. The molecule has 0 aromatic heterocycles. The predicted octanol–water partition coefficient (Wildman–Crippen LogP) is 1.20. The van der Waals surface area contributed by atoms with Crippen LogP contribution in [0.15, 0.2) is 72.8 Å².